The highest BCUT2D eigenvalue weighted by Gasteiger charge is 2.18. The van der Waals surface area contributed by atoms with E-state index in [1.807, 2.05) is 6.92 Å². The number of methoxy groups -OCH3 is 1. The number of hydrogen-bond acceptors (Lipinski definition) is 6. The second-order valence-corrected chi connectivity index (χ2v) is 8.87. The smallest absolute Gasteiger partial charge is 0.294 e. The number of nitrogens with zero attached hydrogens (tertiary/aromatic N) is 2. The molecule has 1 aromatic heterocycles. The van der Waals surface area contributed by atoms with Crippen LogP contribution in [0.4, 0.5) is 11.5 Å². The average Bonchev–Trinajstić information content (AvgIpc) is 2.57. The Kier molecular flexibility index (Phi) is 6.67. The molecule has 0 amide bonds. The van der Waals surface area contributed by atoms with Crippen LogP contribution in [0, 0.1) is 13.8 Å². The molecular formula is C18H24ClN3O4S. The van der Waals surface area contributed by atoms with E-state index in [9.17, 15) is 13.2 Å². The minimum atomic E-state index is -3.32. The highest BCUT2D eigenvalue weighted by atomic mass is 35.5. The zero-order chi connectivity index (χ0) is 20.4. The predicted molar refractivity (Wildman–Crippen MR) is 107 cm³/mol. The molecule has 27 heavy (non-hydrogen) atoms. The molecule has 2 rings (SSSR count). The number of nitrogens with one attached hydrogen (secondary N) is 1. The SMILES string of the molecule is CCC(COC)n1cc(Cl)nc(Nc2c(C)cc(S(C)(=O)=O)cc2C)c1=O. The topological polar surface area (TPSA) is 90.3 Å². The lowest BCUT2D eigenvalue weighted by Crippen LogP contribution is -2.29. The molecule has 7 nitrogen and oxygen atoms in total. The summed E-state index contributed by atoms with van der Waals surface area (Å²) in [6, 6.07) is 2.96. The number of ether oxygens (including phenoxy) is 1. The van der Waals surface area contributed by atoms with Crippen molar-refractivity contribution in [1.82, 2.24) is 9.55 Å². The van der Waals surface area contributed by atoms with Gasteiger partial charge in [0.05, 0.1) is 17.5 Å². The zero-order valence-corrected chi connectivity index (χ0v) is 17.6. The molecule has 0 aliphatic rings. The summed E-state index contributed by atoms with van der Waals surface area (Å²) in [5.41, 5.74) is 1.68. The Labute approximate surface area is 164 Å². The zero-order valence-electron chi connectivity index (χ0n) is 16.0. The lowest BCUT2D eigenvalue weighted by molar-refractivity contribution is 0.151. The molecule has 0 fully saturated rings. The van der Waals surface area contributed by atoms with Crippen molar-refractivity contribution in [3.63, 3.8) is 0 Å². The standard InChI is InChI=1S/C18H24ClN3O4S/c1-6-13(10-26-4)22-9-15(19)20-17(18(22)23)21-16-11(2)7-14(8-12(16)3)27(5,24)25/h7-9,13H,6,10H2,1-5H3,(H,20,21). The van der Waals surface area contributed by atoms with Crippen LogP contribution in [-0.2, 0) is 14.6 Å². The van der Waals surface area contributed by atoms with E-state index in [1.165, 1.54) is 10.8 Å². The fourth-order valence-corrected chi connectivity index (χ4v) is 3.84. The predicted octanol–water partition coefficient (Wildman–Crippen LogP) is 3.26. The Morgan fingerprint density at radius 2 is 1.89 bits per heavy atom. The van der Waals surface area contributed by atoms with Crippen LogP contribution in [0.5, 0.6) is 0 Å². The van der Waals surface area contributed by atoms with Crippen molar-refractivity contribution in [1.29, 1.82) is 0 Å². The minimum absolute atomic E-state index is 0.0790. The van der Waals surface area contributed by atoms with Crippen LogP contribution in [0.25, 0.3) is 0 Å². The molecule has 1 unspecified atom stereocenters. The van der Waals surface area contributed by atoms with Crippen molar-refractivity contribution < 1.29 is 13.2 Å². The first-order chi connectivity index (χ1) is 12.6. The molecule has 0 aliphatic carbocycles. The van der Waals surface area contributed by atoms with Gasteiger partial charge in [-0.25, -0.2) is 13.4 Å². The quantitative estimate of drug-likeness (QED) is 0.749. The second kappa shape index (κ2) is 8.41. The Bertz CT molecular complexity index is 979. The first-order valence-corrected chi connectivity index (χ1v) is 10.7. The van der Waals surface area contributed by atoms with Gasteiger partial charge in [-0.1, -0.05) is 18.5 Å². The molecule has 2 aromatic rings. The Morgan fingerprint density at radius 3 is 2.37 bits per heavy atom. The Morgan fingerprint density at radius 1 is 1.30 bits per heavy atom. The van der Waals surface area contributed by atoms with Gasteiger partial charge in [0.1, 0.15) is 5.15 Å². The van der Waals surface area contributed by atoms with E-state index in [1.54, 1.807) is 33.1 Å². The maximum Gasteiger partial charge on any atom is 0.294 e. The van der Waals surface area contributed by atoms with Crippen molar-refractivity contribution in [3.05, 3.63) is 45.0 Å². The number of aryl methyl sites for hydroxylation is 2. The number of anilines is 2. The fraction of sp³-hybridized carbons (Fsp3) is 0.444. The molecule has 0 saturated heterocycles. The highest BCUT2D eigenvalue weighted by molar-refractivity contribution is 7.90. The molecule has 1 N–H and O–H groups in total. The van der Waals surface area contributed by atoms with Crippen molar-refractivity contribution in [3.8, 4) is 0 Å². The van der Waals surface area contributed by atoms with Crippen LogP contribution in [0.3, 0.4) is 0 Å². The van der Waals surface area contributed by atoms with Gasteiger partial charge in [0.25, 0.3) is 5.56 Å². The largest absolute Gasteiger partial charge is 0.383 e. The molecular weight excluding hydrogens is 390 g/mol. The number of hydrogen-bond donors (Lipinski definition) is 1. The average molecular weight is 414 g/mol. The fourth-order valence-electron chi connectivity index (χ4n) is 2.87. The Balaban J connectivity index is 2.53. The molecule has 1 heterocycles. The van der Waals surface area contributed by atoms with Gasteiger partial charge >= 0.3 is 0 Å². The monoisotopic (exact) mass is 413 g/mol. The van der Waals surface area contributed by atoms with Crippen molar-refractivity contribution in [2.24, 2.45) is 0 Å². The summed E-state index contributed by atoms with van der Waals surface area (Å²) in [4.78, 5) is 17.2. The van der Waals surface area contributed by atoms with Crippen LogP contribution in [-0.4, -0.2) is 37.9 Å². The van der Waals surface area contributed by atoms with Crippen LogP contribution in [0.15, 0.2) is 28.0 Å². The second-order valence-electron chi connectivity index (χ2n) is 6.47. The molecule has 148 valence electrons. The van der Waals surface area contributed by atoms with Crippen LogP contribution < -0.4 is 10.9 Å². The van der Waals surface area contributed by atoms with Gasteiger partial charge in [-0.15, -0.1) is 0 Å². The molecule has 0 aliphatic heterocycles. The molecule has 0 radical (unpaired) electrons. The molecule has 0 spiro atoms. The third kappa shape index (κ3) is 4.88. The number of rotatable bonds is 7. The van der Waals surface area contributed by atoms with E-state index in [-0.39, 0.29) is 27.5 Å². The van der Waals surface area contributed by atoms with Gasteiger partial charge < -0.3 is 14.6 Å². The van der Waals surface area contributed by atoms with Gasteiger partial charge in [-0.05, 0) is 43.5 Å². The maximum absolute atomic E-state index is 12.9. The van der Waals surface area contributed by atoms with Crippen molar-refractivity contribution in [2.75, 3.05) is 25.3 Å². The number of aromatic nitrogens is 2. The van der Waals surface area contributed by atoms with E-state index >= 15 is 0 Å². The molecule has 1 aromatic carbocycles. The summed E-state index contributed by atoms with van der Waals surface area (Å²) in [5, 5.41) is 3.20. The first kappa shape index (κ1) is 21.4. The summed E-state index contributed by atoms with van der Waals surface area (Å²) < 4.78 is 30.3. The summed E-state index contributed by atoms with van der Waals surface area (Å²) in [7, 11) is -1.75. The van der Waals surface area contributed by atoms with E-state index in [2.05, 4.69) is 10.3 Å². The van der Waals surface area contributed by atoms with Gasteiger partial charge in [0.2, 0.25) is 0 Å². The molecule has 0 saturated carbocycles. The number of benzene rings is 1. The van der Waals surface area contributed by atoms with E-state index in [0.717, 1.165) is 6.26 Å². The van der Waals surface area contributed by atoms with Crippen molar-refractivity contribution in [2.45, 2.75) is 38.1 Å². The maximum atomic E-state index is 12.9. The summed E-state index contributed by atoms with van der Waals surface area (Å²) in [6.07, 6.45) is 3.34. The number of halogens is 1. The lowest BCUT2D eigenvalue weighted by atomic mass is 10.1. The Hall–Kier alpha value is -1.90. The van der Waals surface area contributed by atoms with Crippen molar-refractivity contribution >= 4 is 32.9 Å². The molecule has 0 bridgehead atoms. The minimum Gasteiger partial charge on any atom is -0.383 e. The van der Waals surface area contributed by atoms with Crippen LogP contribution >= 0.6 is 11.6 Å². The summed E-state index contributed by atoms with van der Waals surface area (Å²) in [5.74, 6) is 0.0790. The van der Waals surface area contributed by atoms with Gasteiger partial charge in [0.15, 0.2) is 15.7 Å². The van der Waals surface area contributed by atoms with E-state index < -0.39 is 9.84 Å². The summed E-state index contributed by atoms with van der Waals surface area (Å²) >= 11 is 6.12. The number of sulfone groups is 1. The van der Waals surface area contributed by atoms with E-state index in [4.69, 9.17) is 16.3 Å². The van der Waals surface area contributed by atoms with Gasteiger partial charge in [-0.2, -0.15) is 0 Å². The first-order valence-electron chi connectivity index (χ1n) is 8.44. The molecule has 9 heteroatoms. The third-order valence-corrected chi connectivity index (χ3v) is 5.58. The lowest BCUT2D eigenvalue weighted by Gasteiger charge is -2.19. The van der Waals surface area contributed by atoms with Gasteiger partial charge in [-0.3, -0.25) is 4.79 Å². The third-order valence-electron chi connectivity index (χ3n) is 4.30. The van der Waals surface area contributed by atoms with Crippen LogP contribution in [0.1, 0.15) is 30.5 Å². The van der Waals surface area contributed by atoms with Crippen LogP contribution in [0.2, 0.25) is 5.15 Å². The summed E-state index contributed by atoms with van der Waals surface area (Å²) in [6.45, 7) is 5.87. The highest BCUT2D eigenvalue weighted by Crippen LogP contribution is 2.27. The normalized spacial score (nSPS) is 12.8. The molecule has 1 atom stereocenters. The van der Waals surface area contributed by atoms with Gasteiger partial charge in [0, 0.05) is 25.2 Å². The van der Waals surface area contributed by atoms with E-state index in [0.29, 0.717) is 29.8 Å².